The van der Waals surface area contributed by atoms with Crippen molar-refractivity contribution in [3.63, 3.8) is 0 Å². The Balaban J connectivity index is 2.17. The zero-order valence-electron chi connectivity index (χ0n) is 11.5. The Morgan fingerprint density at radius 3 is 2.14 bits per heavy atom. The average molecular weight is 325 g/mol. The van der Waals surface area contributed by atoms with E-state index in [4.69, 9.17) is 5.73 Å². The lowest BCUT2D eigenvalue weighted by Crippen LogP contribution is -2.09. The van der Waals surface area contributed by atoms with Gasteiger partial charge in [-0.1, -0.05) is 12.1 Å². The van der Waals surface area contributed by atoms with Crippen molar-refractivity contribution >= 4 is 21.6 Å². The summed E-state index contributed by atoms with van der Waals surface area (Å²) in [6, 6.07) is 12.9. The lowest BCUT2D eigenvalue weighted by Gasteiger charge is -2.15. The van der Waals surface area contributed by atoms with Crippen molar-refractivity contribution in [3.8, 4) is 0 Å². The molecule has 6 heteroatoms. The molecule has 0 aliphatic heterocycles. The largest absolute Gasteiger partial charge is 0.329 e. The van der Waals surface area contributed by atoms with Gasteiger partial charge in [-0.2, -0.15) is 0 Å². The Bertz CT molecular complexity index is 697. The maximum Gasteiger partial charge on any atom is 0.175 e. The highest BCUT2D eigenvalue weighted by Crippen LogP contribution is 2.34. The van der Waals surface area contributed by atoms with Crippen molar-refractivity contribution in [3.05, 3.63) is 59.9 Å². The van der Waals surface area contributed by atoms with E-state index in [9.17, 15) is 12.8 Å². The molecule has 0 fully saturated rings. The van der Waals surface area contributed by atoms with Gasteiger partial charge in [0.25, 0.3) is 0 Å². The molecule has 0 aliphatic carbocycles. The SMILES string of the molecule is CS(=O)(=O)c1ccc(SC(CN)c2ccc(F)cc2)cc1. The van der Waals surface area contributed by atoms with Gasteiger partial charge in [0.2, 0.25) is 0 Å². The van der Waals surface area contributed by atoms with E-state index >= 15 is 0 Å². The molecule has 0 amide bonds. The second-order valence-corrected chi connectivity index (χ2v) is 7.93. The second kappa shape index (κ2) is 6.60. The Morgan fingerprint density at radius 1 is 1.10 bits per heavy atom. The first-order valence-electron chi connectivity index (χ1n) is 6.32. The van der Waals surface area contributed by atoms with Gasteiger partial charge < -0.3 is 5.73 Å². The molecule has 21 heavy (non-hydrogen) atoms. The predicted molar refractivity (Wildman–Crippen MR) is 83.6 cm³/mol. The molecule has 2 aromatic carbocycles. The highest BCUT2D eigenvalue weighted by atomic mass is 32.2. The number of sulfone groups is 1. The van der Waals surface area contributed by atoms with E-state index in [1.54, 1.807) is 36.4 Å². The standard InChI is InChI=1S/C15H16FNO2S2/c1-21(18,19)14-8-6-13(7-9-14)20-15(10-17)11-2-4-12(16)5-3-11/h2-9,15H,10,17H2,1H3. The summed E-state index contributed by atoms with van der Waals surface area (Å²) in [5, 5.41) is -0.00492. The smallest absolute Gasteiger partial charge is 0.175 e. The molecule has 0 saturated heterocycles. The molecule has 3 nitrogen and oxygen atoms in total. The van der Waals surface area contributed by atoms with Crippen molar-refractivity contribution in [1.82, 2.24) is 0 Å². The maximum absolute atomic E-state index is 12.9. The van der Waals surface area contributed by atoms with Crippen molar-refractivity contribution in [1.29, 1.82) is 0 Å². The normalized spacial score (nSPS) is 13.1. The molecule has 2 N–H and O–H groups in total. The van der Waals surface area contributed by atoms with Gasteiger partial charge in [-0.05, 0) is 42.0 Å². The van der Waals surface area contributed by atoms with Gasteiger partial charge in [0, 0.05) is 22.9 Å². The van der Waals surface area contributed by atoms with Crippen molar-refractivity contribution < 1.29 is 12.8 Å². The molecular formula is C15H16FNO2S2. The zero-order chi connectivity index (χ0) is 15.5. The van der Waals surface area contributed by atoms with Crippen LogP contribution in [-0.2, 0) is 9.84 Å². The number of hydrogen-bond donors (Lipinski definition) is 1. The number of nitrogens with two attached hydrogens (primary N) is 1. The molecule has 2 rings (SSSR count). The van der Waals surface area contributed by atoms with Crippen LogP contribution in [0.2, 0.25) is 0 Å². The van der Waals surface area contributed by atoms with Crippen LogP contribution in [0, 0.1) is 5.82 Å². The summed E-state index contributed by atoms with van der Waals surface area (Å²) in [6.07, 6.45) is 1.18. The molecule has 0 bridgehead atoms. The number of benzene rings is 2. The second-order valence-electron chi connectivity index (χ2n) is 4.64. The number of rotatable bonds is 5. The molecule has 112 valence electrons. The van der Waals surface area contributed by atoms with E-state index < -0.39 is 9.84 Å². The van der Waals surface area contributed by atoms with Crippen LogP contribution < -0.4 is 5.73 Å². The molecule has 0 saturated carbocycles. The van der Waals surface area contributed by atoms with E-state index in [1.807, 2.05) is 0 Å². The molecule has 1 unspecified atom stereocenters. The van der Waals surface area contributed by atoms with Crippen LogP contribution in [-0.4, -0.2) is 21.2 Å². The van der Waals surface area contributed by atoms with Crippen molar-refractivity contribution in [2.45, 2.75) is 15.0 Å². The summed E-state index contributed by atoms with van der Waals surface area (Å²) in [4.78, 5) is 1.21. The zero-order valence-corrected chi connectivity index (χ0v) is 13.1. The van der Waals surface area contributed by atoms with Gasteiger partial charge in [-0.15, -0.1) is 11.8 Å². The fraction of sp³-hybridized carbons (Fsp3) is 0.200. The first kappa shape index (κ1) is 16.0. The van der Waals surface area contributed by atoms with Gasteiger partial charge in [0.15, 0.2) is 9.84 Å². The summed E-state index contributed by atoms with van der Waals surface area (Å²) in [5.41, 5.74) is 6.72. The highest BCUT2D eigenvalue weighted by molar-refractivity contribution is 7.99. The molecule has 0 radical (unpaired) electrons. The van der Waals surface area contributed by atoms with Crippen LogP contribution in [0.3, 0.4) is 0 Å². The molecular weight excluding hydrogens is 309 g/mol. The number of hydrogen-bond acceptors (Lipinski definition) is 4. The lowest BCUT2D eigenvalue weighted by molar-refractivity contribution is 0.602. The van der Waals surface area contributed by atoms with E-state index in [1.165, 1.54) is 30.2 Å². The minimum absolute atomic E-state index is 0.00492. The van der Waals surface area contributed by atoms with Crippen LogP contribution in [0.15, 0.2) is 58.3 Å². The summed E-state index contributed by atoms with van der Waals surface area (Å²) >= 11 is 1.52. The fourth-order valence-electron chi connectivity index (χ4n) is 1.86. The van der Waals surface area contributed by atoms with Gasteiger partial charge >= 0.3 is 0 Å². The quantitative estimate of drug-likeness (QED) is 0.859. The fourth-order valence-corrected chi connectivity index (χ4v) is 3.50. The topological polar surface area (TPSA) is 60.2 Å². The van der Waals surface area contributed by atoms with E-state index in [0.29, 0.717) is 6.54 Å². The number of halogens is 1. The number of thioether (sulfide) groups is 1. The Labute approximate surface area is 128 Å². The summed E-state index contributed by atoms with van der Waals surface area (Å²) in [6.45, 7) is 0.407. The van der Waals surface area contributed by atoms with E-state index in [0.717, 1.165) is 10.5 Å². The first-order valence-corrected chi connectivity index (χ1v) is 9.09. The molecule has 0 heterocycles. The Kier molecular flexibility index (Phi) is 5.03. The monoisotopic (exact) mass is 325 g/mol. The van der Waals surface area contributed by atoms with Gasteiger partial charge in [-0.3, -0.25) is 0 Å². The highest BCUT2D eigenvalue weighted by Gasteiger charge is 2.13. The summed E-state index contributed by atoms with van der Waals surface area (Å²) in [7, 11) is -3.19. The first-order chi connectivity index (χ1) is 9.90. The Hall–Kier alpha value is -1.37. The maximum atomic E-state index is 12.9. The Morgan fingerprint density at radius 2 is 1.67 bits per heavy atom. The van der Waals surface area contributed by atoms with Crippen molar-refractivity contribution in [2.75, 3.05) is 12.8 Å². The van der Waals surface area contributed by atoms with Gasteiger partial charge in [0.05, 0.1) is 4.90 Å². The average Bonchev–Trinajstić information content (AvgIpc) is 2.45. The summed E-state index contributed by atoms with van der Waals surface area (Å²) in [5.74, 6) is -0.281. The van der Waals surface area contributed by atoms with Crippen LogP contribution in [0.5, 0.6) is 0 Å². The van der Waals surface area contributed by atoms with Gasteiger partial charge in [0.1, 0.15) is 5.82 Å². The van der Waals surface area contributed by atoms with Crippen molar-refractivity contribution in [2.24, 2.45) is 5.73 Å². The van der Waals surface area contributed by atoms with Crippen LogP contribution in [0.25, 0.3) is 0 Å². The molecule has 0 spiro atoms. The predicted octanol–water partition coefficient (Wildman–Crippen LogP) is 3.02. The minimum atomic E-state index is -3.19. The summed E-state index contributed by atoms with van der Waals surface area (Å²) < 4.78 is 35.8. The molecule has 1 atom stereocenters. The van der Waals surface area contributed by atoms with E-state index in [2.05, 4.69) is 0 Å². The molecule has 0 aromatic heterocycles. The third-order valence-electron chi connectivity index (χ3n) is 2.99. The third-order valence-corrected chi connectivity index (χ3v) is 5.41. The molecule has 0 aliphatic rings. The van der Waals surface area contributed by atoms with Gasteiger partial charge in [-0.25, -0.2) is 12.8 Å². The minimum Gasteiger partial charge on any atom is -0.329 e. The molecule has 2 aromatic rings. The van der Waals surface area contributed by atoms with Crippen LogP contribution >= 0.6 is 11.8 Å². The van der Waals surface area contributed by atoms with E-state index in [-0.39, 0.29) is 16.0 Å². The van der Waals surface area contributed by atoms with Crippen LogP contribution in [0.1, 0.15) is 10.8 Å². The van der Waals surface area contributed by atoms with Crippen LogP contribution in [0.4, 0.5) is 4.39 Å². The third kappa shape index (κ3) is 4.30. The lowest BCUT2D eigenvalue weighted by atomic mass is 10.1.